The number of hydrogen-bond acceptors (Lipinski definition) is 4. The van der Waals surface area contributed by atoms with Gasteiger partial charge in [0, 0.05) is 18.8 Å². The Morgan fingerprint density at radius 2 is 2.04 bits per heavy atom. The van der Waals surface area contributed by atoms with Gasteiger partial charge in [0.1, 0.15) is 11.5 Å². The SMILES string of the molecule is CCc1cccc(NC(N)=NCC(c2ccc(C)o2)N2CCOCC2)c1.I. The normalized spacial score (nSPS) is 16.6. The monoisotopic (exact) mass is 484 g/mol. The Kier molecular flexibility index (Phi) is 8.59. The van der Waals surface area contributed by atoms with E-state index in [1.165, 1.54) is 5.56 Å². The van der Waals surface area contributed by atoms with Crippen LogP contribution in [-0.4, -0.2) is 43.7 Å². The van der Waals surface area contributed by atoms with Gasteiger partial charge in [0.25, 0.3) is 0 Å². The van der Waals surface area contributed by atoms with Crippen molar-refractivity contribution >= 4 is 35.6 Å². The maximum atomic E-state index is 6.12. The zero-order valence-corrected chi connectivity index (χ0v) is 18.3. The van der Waals surface area contributed by atoms with Crippen LogP contribution in [0.4, 0.5) is 5.69 Å². The summed E-state index contributed by atoms with van der Waals surface area (Å²) in [4.78, 5) is 6.92. The number of rotatable bonds is 6. The molecule has 2 aromatic rings. The van der Waals surface area contributed by atoms with E-state index in [-0.39, 0.29) is 30.0 Å². The van der Waals surface area contributed by atoms with Gasteiger partial charge in [-0.1, -0.05) is 19.1 Å². The lowest BCUT2D eigenvalue weighted by atomic mass is 10.1. The Morgan fingerprint density at radius 1 is 1.26 bits per heavy atom. The highest BCUT2D eigenvalue weighted by Crippen LogP contribution is 2.24. The van der Waals surface area contributed by atoms with Crippen molar-refractivity contribution in [2.75, 3.05) is 38.2 Å². The molecule has 27 heavy (non-hydrogen) atoms. The lowest BCUT2D eigenvalue weighted by Crippen LogP contribution is -2.40. The van der Waals surface area contributed by atoms with Crippen molar-refractivity contribution in [1.82, 2.24) is 4.90 Å². The summed E-state index contributed by atoms with van der Waals surface area (Å²) in [5, 5.41) is 3.19. The zero-order valence-electron chi connectivity index (χ0n) is 16.0. The number of aryl methyl sites for hydroxylation is 2. The molecular formula is C20H29IN4O2. The van der Waals surface area contributed by atoms with Crippen LogP contribution in [0.2, 0.25) is 0 Å². The summed E-state index contributed by atoms with van der Waals surface area (Å²) >= 11 is 0. The molecule has 1 unspecified atom stereocenters. The van der Waals surface area contributed by atoms with Crippen molar-refractivity contribution < 1.29 is 9.15 Å². The Morgan fingerprint density at radius 3 is 2.70 bits per heavy atom. The third-order valence-corrected chi connectivity index (χ3v) is 4.62. The molecule has 3 N–H and O–H groups in total. The van der Waals surface area contributed by atoms with E-state index in [1.54, 1.807) is 0 Å². The van der Waals surface area contributed by atoms with Gasteiger partial charge in [0.15, 0.2) is 5.96 Å². The average molecular weight is 484 g/mol. The van der Waals surface area contributed by atoms with Gasteiger partial charge in [0.2, 0.25) is 0 Å². The number of ether oxygens (including phenoxy) is 1. The van der Waals surface area contributed by atoms with Crippen molar-refractivity contribution in [3.63, 3.8) is 0 Å². The molecule has 0 amide bonds. The third-order valence-electron chi connectivity index (χ3n) is 4.62. The Balaban J connectivity index is 0.00000261. The smallest absolute Gasteiger partial charge is 0.193 e. The van der Waals surface area contributed by atoms with E-state index in [0.29, 0.717) is 12.5 Å². The molecule has 0 saturated carbocycles. The summed E-state index contributed by atoms with van der Waals surface area (Å²) in [5.41, 5.74) is 8.35. The van der Waals surface area contributed by atoms with E-state index < -0.39 is 0 Å². The Hall–Kier alpha value is -1.58. The molecule has 0 aliphatic carbocycles. The number of hydrogen-bond donors (Lipinski definition) is 2. The first kappa shape index (κ1) is 21.7. The van der Waals surface area contributed by atoms with Gasteiger partial charge < -0.3 is 20.2 Å². The highest BCUT2D eigenvalue weighted by molar-refractivity contribution is 14.0. The fourth-order valence-electron chi connectivity index (χ4n) is 3.15. The van der Waals surface area contributed by atoms with Gasteiger partial charge >= 0.3 is 0 Å². The first-order valence-corrected chi connectivity index (χ1v) is 9.19. The maximum Gasteiger partial charge on any atom is 0.193 e. The number of halogens is 1. The van der Waals surface area contributed by atoms with Crippen molar-refractivity contribution in [1.29, 1.82) is 0 Å². The second-order valence-electron chi connectivity index (χ2n) is 6.52. The molecule has 1 aromatic carbocycles. The number of morpholine rings is 1. The summed E-state index contributed by atoms with van der Waals surface area (Å²) < 4.78 is 11.3. The quantitative estimate of drug-likeness (QED) is 0.373. The van der Waals surface area contributed by atoms with Crippen LogP contribution in [-0.2, 0) is 11.2 Å². The van der Waals surface area contributed by atoms with E-state index in [2.05, 4.69) is 34.3 Å². The zero-order chi connectivity index (χ0) is 18.4. The molecule has 0 radical (unpaired) electrons. The van der Waals surface area contributed by atoms with E-state index in [1.807, 2.05) is 31.2 Å². The minimum Gasteiger partial charge on any atom is -0.465 e. The van der Waals surface area contributed by atoms with Crippen LogP contribution >= 0.6 is 24.0 Å². The molecule has 1 aliphatic heterocycles. The summed E-state index contributed by atoms with van der Waals surface area (Å²) in [6, 6.07) is 12.3. The van der Waals surface area contributed by atoms with Gasteiger partial charge in [-0.25, -0.2) is 0 Å². The minimum absolute atomic E-state index is 0. The predicted molar refractivity (Wildman–Crippen MR) is 120 cm³/mol. The fraction of sp³-hybridized carbons (Fsp3) is 0.450. The topological polar surface area (TPSA) is 76.0 Å². The molecule has 3 rings (SSSR count). The van der Waals surface area contributed by atoms with Crippen LogP contribution in [0, 0.1) is 6.92 Å². The van der Waals surface area contributed by atoms with Gasteiger partial charge in [-0.05, 0) is 43.2 Å². The van der Waals surface area contributed by atoms with Crippen molar-refractivity contribution in [2.24, 2.45) is 10.7 Å². The fourth-order valence-corrected chi connectivity index (χ4v) is 3.15. The molecule has 1 aromatic heterocycles. The van der Waals surface area contributed by atoms with Crippen LogP contribution in [0.5, 0.6) is 0 Å². The summed E-state index contributed by atoms with van der Waals surface area (Å²) in [7, 11) is 0. The molecule has 148 valence electrons. The molecule has 2 heterocycles. The van der Waals surface area contributed by atoms with Crippen LogP contribution in [0.15, 0.2) is 45.8 Å². The largest absolute Gasteiger partial charge is 0.465 e. The maximum absolute atomic E-state index is 6.12. The van der Waals surface area contributed by atoms with Crippen molar-refractivity contribution in [3.05, 3.63) is 53.5 Å². The second kappa shape index (κ2) is 10.7. The second-order valence-corrected chi connectivity index (χ2v) is 6.52. The van der Waals surface area contributed by atoms with Crippen molar-refractivity contribution in [3.8, 4) is 0 Å². The predicted octanol–water partition coefficient (Wildman–Crippen LogP) is 3.57. The highest BCUT2D eigenvalue weighted by Gasteiger charge is 2.25. The van der Waals surface area contributed by atoms with Gasteiger partial charge in [-0.2, -0.15) is 0 Å². The van der Waals surface area contributed by atoms with E-state index in [0.717, 1.165) is 49.9 Å². The third kappa shape index (κ3) is 6.22. The van der Waals surface area contributed by atoms with E-state index in [9.17, 15) is 0 Å². The van der Waals surface area contributed by atoms with Crippen molar-refractivity contribution in [2.45, 2.75) is 26.3 Å². The summed E-state index contributed by atoms with van der Waals surface area (Å²) in [6.07, 6.45) is 0.990. The number of nitrogens with one attached hydrogen (secondary N) is 1. The van der Waals surface area contributed by atoms with E-state index in [4.69, 9.17) is 14.9 Å². The van der Waals surface area contributed by atoms with Crippen LogP contribution in [0.3, 0.4) is 0 Å². The first-order valence-electron chi connectivity index (χ1n) is 9.19. The molecule has 6 nitrogen and oxygen atoms in total. The number of aliphatic imine (C=N–C) groups is 1. The lowest BCUT2D eigenvalue weighted by molar-refractivity contribution is 0.0135. The first-order chi connectivity index (χ1) is 12.7. The number of benzene rings is 1. The van der Waals surface area contributed by atoms with Gasteiger partial charge in [-0.15, -0.1) is 24.0 Å². The molecule has 1 aliphatic rings. The molecule has 0 spiro atoms. The van der Waals surface area contributed by atoms with Gasteiger partial charge in [-0.3, -0.25) is 9.89 Å². The van der Waals surface area contributed by atoms with Crippen LogP contribution in [0.25, 0.3) is 0 Å². The number of nitrogens with two attached hydrogens (primary N) is 1. The summed E-state index contributed by atoms with van der Waals surface area (Å²) in [5.74, 6) is 2.25. The highest BCUT2D eigenvalue weighted by atomic mass is 127. The number of furan rings is 1. The molecule has 1 saturated heterocycles. The van der Waals surface area contributed by atoms with Crippen LogP contribution < -0.4 is 11.1 Å². The van der Waals surface area contributed by atoms with Crippen LogP contribution in [0.1, 0.15) is 30.0 Å². The molecule has 1 fully saturated rings. The number of anilines is 1. The molecule has 0 bridgehead atoms. The summed E-state index contributed by atoms with van der Waals surface area (Å²) in [6.45, 7) is 7.83. The van der Waals surface area contributed by atoms with E-state index >= 15 is 0 Å². The number of nitrogens with zero attached hydrogens (tertiary/aromatic N) is 2. The Labute approximate surface area is 178 Å². The Bertz CT molecular complexity index is 741. The minimum atomic E-state index is 0. The lowest BCUT2D eigenvalue weighted by Gasteiger charge is -2.32. The molecule has 1 atom stereocenters. The number of guanidine groups is 1. The molecular weight excluding hydrogens is 455 g/mol. The average Bonchev–Trinajstić information content (AvgIpc) is 3.09. The molecule has 7 heteroatoms. The van der Waals surface area contributed by atoms with Gasteiger partial charge in [0.05, 0.1) is 25.8 Å². The standard InChI is InChI=1S/C20H28N4O2.HI/c1-3-16-5-4-6-17(13-16)23-20(21)22-14-18(19-8-7-15(2)26-19)24-9-11-25-12-10-24;/h4-8,13,18H,3,9-12,14H2,1-2H3,(H3,21,22,23);1H.